The average molecular weight is 293 g/mol. The molecule has 0 saturated heterocycles. The second-order valence-corrected chi connectivity index (χ2v) is 6.00. The Labute approximate surface area is 132 Å². The predicted molar refractivity (Wildman–Crippen MR) is 93.4 cm³/mol. The van der Waals surface area contributed by atoms with Gasteiger partial charge in [0.15, 0.2) is 0 Å². The number of unbranched alkanes of at least 4 members (excludes halogenated alkanes) is 6. The Hall–Kier alpha value is -1.05. The molecule has 0 atom stereocenters. The van der Waals surface area contributed by atoms with Gasteiger partial charge in [-0.1, -0.05) is 50.5 Å². The van der Waals surface area contributed by atoms with Crippen LogP contribution in [0.5, 0.6) is 0 Å². The van der Waals surface area contributed by atoms with E-state index in [0.717, 1.165) is 25.7 Å². The second kappa shape index (κ2) is 15.3. The highest BCUT2D eigenvalue weighted by molar-refractivity contribution is 5.76. The largest absolute Gasteiger partial charge is 0.354 e. The lowest BCUT2D eigenvalue weighted by Gasteiger charge is -2.07. The van der Waals surface area contributed by atoms with E-state index in [2.05, 4.69) is 36.5 Å². The maximum Gasteiger partial charge on any atom is 0.220 e. The minimum Gasteiger partial charge on any atom is -0.354 e. The van der Waals surface area contributed by atoms with Crippen molar-refractivity contribution in [3.63, 3.8) is 0 Å². The lowest BCUT2D eigenvalue weighted by Crippen LogP contribution is -2.29. The van der Waals surface area contributed by atoms with Gasteiger partial charge in [0.05, 0.1) is 0 Å². The first-order chi connectivity index (χ1) is 10.2. The van der Waals surface area contributed by atoms with Crippen molar-refractivity contribution in [3.05, 3.63) is 24.3 Å². The third-order valence-corrected chi connectivity index (χ3v) is 3.30. The topological polar surface area (TPSA) is 29.1 Å². The molecule has 1 amide bonds. The van der Waals surface area contributed by atoms with E-state index in [1.807, 2.05) is 13.8 Å². The van der Waals surface area contributed by atoms with E-state index in [-0.39, 0.29) is 11.9 Å². The smallest absolute Gasteiger partial charge is 0.220 e. The van der Waals surface area contributed by atoms with Crippen molar-refractivity contribution in [2.24, 2.45) is 0 Å². The van der Waals surface area contributed by atoms with Crippen molar-refractivity contribution < 1.29 is 4.79 Å². The molecule has 0 aromatic carbocycles. The number of carbonyl (C=O) groups is 1. The Kier molecular flexibility index (Phi) is 14.6. The molecule has 0 aromatic heterocycles. The van der Waals surface area contributed by atoms with Gasteiger partial charge in [0.25, 0.3) is 0 Å². The summed E-state index contributed by atoms with van der Waals surface area (Å²) in [5, 5.41) is 2.93. The minimum absolute atomic E-state index is 0.189. The summed E-state index contributed by atoms with van der Waals surface area (Å²) in [6.07, 6.45) is 20.5. The van der Waals surface area contributed by atoms with Crippen LogP contribution in [0.1, 0.15) is 85.0 Å². The number of nitrogens with one attached hydrogen (secondary N) is 1. The van der Waals surface area contributed by atoms with Gasteiger partial charge in [0.2, 0.25) is 5.91 Å². The van der Waals surface area contributed by atoms with Crippen molar-refractivity contribution in [3.8, 4) is 0 Å². The number of allylic oxidation sites excluding steroid dienone is 4. The molecular weight excluding hydrogens is 258 g/mol. The zero-order chi connectivity index (χ0) is 15.8. The van der Waals surface area contributed by atoms with Crippen molar-refractivity contribution in [2.45, 2.75) is 91.0 Å². The Bertz CT molecular complexity index is 292. The maximum atomic E-state index is 11.4. The summed E-state index contributed by atoms with van der Waals surface area (Å²) in [5.74, 6) is 0.189. The summed E-state index contributed by atoms with van der Waals surface area (Å²) in [6.45, 7) is 6.24. The van der Waals surface area contributed by atoms with Gasteiger partial charge in [0.1, 0.15) is 0 Å². The zero-order valence-electron chi connectivity index (χ0n) is 14.4. The average Bonchev–Trinajstić information content (AvgIpc) is 2.43. The summed E-state index contributed by atoms with van der Waals surface area (Å²) in [6, 6.07) is 0.260. The number of carbonyl (C=O) groups excluding carboxylic acids is 1. The maximum absolute atomic E-state index is 11.4. The van der Waals surface area contributed by atoms with Crippen LogP contribution in [0.2, 0.25) is 0 Å². The van der Waals surface area contributed by atoms with Crippen LogP contribution in [0.3, 0.4) is 0 Å². The zero-order valence-corrected chi connectivity index (χ0v) is 14.4. The molecule has 2 nitrogen and oxygen atoms in total. The molecule has 0 fully saturated rings. The fourth-order valence-electron chi connectivity index (χ4n) is 2.14. The van der Waals surface area contributed by atoms with Crippen molar-refractivity contribution in [1.82, 2.24) is 5.32 Å². The van der Waals surface area contributed by atoms with Crippen LogP contribution in [0.15, 0.2) is 24.3 Å². The third kappa shape index (κ3) is 16.9. The number of rotatable bonds is 13. The molecule has 0 aliphatic rings. The summed E-state index contributed by atoms with van der Waals surface area (Å²) >= 11 is 0. The Balaban J connectivity index is 3.31. The van der Waals surface area contributed by atoms with Crippen LogP contribution in [0.25, 0.3) is 0 Å². The molecule has 0 unspecified atom stereocenters. The van der Waals surface area contributed by atoms with Gasteiger partial charge in [-0.3, -0.25) is 4.79 Å². The van der Waals surface area contributed by atoms with E-state index in [4.69, 9.17) is 0 Å². The molecule has 0 radical (unpaired) electrons. The molecular formula is C19H35NO. The second-order valence-electron chi connectivity index (χ2n) is 6.00. The standard InChI is InChI=1S/C19H35NO/c1-4-5-6-7-8-9-10-11-12-13-14-15-16-17-19(21)20-18(2)3/h8-9,11-12,18H,4-7,10,13-17H2,1-3H3,(H,20,21). The fourth-order valence-corrected chi connectivity index (χ4v) is 2.14. The predicted octanol–water partition coefficient (Wildman–Crippen LogP) is 5.54. The van der Waals surface area contributed by atoms with E-state index in [0.29, 0.717) is 6.42 Å². The van der Waals surface area contributed by atoms with Crippen LogP contribution in [0.4, 0.5) is 0 Å². The lowest BCUT2D eigenvalue weighted by molar-refractivity contribution is -0.121. The summed E-state index contributed by atoms with van der Waals surface area (Å²) < 4.78 is 0. The molecule has 1 N–H and O–H groups in total. The molecule has 0 aliphatic heterocycles. The van der Waals surface area contributed by atoms with Crippen molar-refractivity contribution in [1.29, 1.82) is 0 Å². The van der Waals surface area contributed by atoms with Crippen LogP contribution in [0, 0.1) is 0 Å². The van der Waals surface area contributed by atoms with Gasteiger partial charge < -0.3 is 5.32 Å². The van der Waals surface area contributed by atoms with Gasteiger partial charge in [-0.15, -0.1) is 0 Å². The minimum atomic E-state index is 0.189. The summed E-state index contributed by atoms with van der Waals surface area (Å²) in [4.78, 5) is 11.4. The quantitative estimate of drug-likeness (QED) is 0.350. The van der Waals surface area contributed by atoms with Gasteiger partial charge in [-0.05, 0) is 52.4 Å². The van der Waals surface area contributed by atoms with E-state index < -0.39 is 0 Å². The van der Waals surface area contributed by atoms with Gasteiger partial charge in [-0.25, -0.2) is 0 Å². The van der Waals surface area contributed by atoms with Crippen LogP contribution < -0.4 is 5.32 Å². The van der Waals surface area contributed by atoms with Gasteiger partial charge in [0, 0.05) is 12.5 Å². The van der Waals surface area contributed by atoms with Gasteiger partial charge in [-0.2, -0.15) is 0 Å². The van der Waals surface area contributed by atoms with Crippen molar-refractivity contribution in [2.75, 3.05) is 0 Å². The number of hydrogen-bond donors (Lipinski definition) is 1. The molecule has 0 aromatic rings. The Morgan fingerprint density at radius 2 is 1.52 bits per heavy atom. The first-order valence-corrected chi connectivity index (χ1v) is 8.76. The van der Waals surface area contributed by atoms with Crippen LogP contribution >= 0.6 is 0 Å². The van der Waals surface area contributed by atoms with E-state index >= 15 is 0 Å². The summed E-state index contributed by atoms with van der Waals surface area (Å²) in [5.41, 5.74) is 0. The molecule has 2 heteroatoms. The molecule has 21 heavy (non-hydrogen) atoms. The third-order valence-electron chi connectivity index (χ3n) is 3.30. The molecule has 0 aliphatic carbocycles. The molecule has 0 saturated carbocycles. The van der Waals surface area contributed by atoms with E-state index in [1.165, 1.54) is 32.1 Å². The highest BCUT2D eigenvalue weighted by Gasteiger charge is 2.01. The lowest BCUT2D eigenvalue weighted by atomic mass is 10.1. The first kappa shape index (κ1) is 19.9. The SMILES string of the molecule is CCCCCC=CCC=CCCCCCC(=O)NC(C)C. The van der Waals surface area contributed by atoms with E-state index in [9.17, 15) is 4.79 Å². The number of hydrogen-bond acceptors (Lipinski definition) is 1. The molecule has 0 spiro atoms. The first-order valence-electron chi connectivity index (χ1n) is 8.76. The van der Waals surface area contributed by atoms with E-state index in [1.54, 1.807) is 0 Å². The highest BCUT2D eigenvalue weighted by atomic mass is 16.1. The van der Waals surface area contributed by atoms with Crippen LogP contribution in [-0.2, 0) is 4.79 Å². The Morgan fingerprint density at radius 1 is 0.905 bits per heavy atom. The fraction of sp³-hybridized carbons (Fsp3) is 0.737. The molecule has 0 heterocycles. The Morgan fingerprint density at radius 3 is 2.10 bits per heavy atom. The molecule has 0 bridgehead atoms. The van der Waals surface area contributed by atoms with Gasteiger partial charge >= 0.3 is 0 Å². The normalized spacial score (nSPS) is 11.8. The summed E-state index contributed by atoms with van der Waals surface area (Å²) in [7, 11) is 0. The van der Waals surface area contributed by atoms with Crippen molar-refractivity contribution >= 4 is 5.91 Å². The number of amides is 1. The highest BCUT2D eigenvalue weighted by Crippen LogP contribution is 2.05. The van der Waals surface area contributed by atoms with Crippen LogP contribution in [-0.4, -0.2) is 11.9 Å². The molecule has 122 valence electrons. The molecule has 0 rings (SSSR count). The monoisotopic (exact) mass is 293 g/mol.